The predicted molar refractivity (Wildman–Crippen MR) is 354 cm³/mol. The number of hydrogen-bond acceptors (Lipinski definition) is 27. The first-order valence-corrected chi connectivity index (χ1v) is 35.9. The molecule has 3 saturated heterocycles. The zero-order valence-corrected chi connectivity index (χ0v) is 58.2. The van der Waals surface area contributed by atoms with Gasteiger partial charge in [-0.05, 0) is 119 Å². The summed E-state index contributed by atoms with van der Waals surface area (Å²) in [5, 5.41) is 51.0. The highest BCUT2D eigenvalue weighted by Crippen LogP contribution is 2.40. The maximum Gasteiger partial charge on any atom is 0.242 e. The summed E-state index contributed by atoms with van der Waals surface area (Å²) in [6.07, 6.45) is 14.4. The summed E-state index contributed by atoms with van der Waals surface area (Å²) in [5.74, 6) is -0.718. The highest BCUT2D eigenvalue weighted by atomic mass is 35.5. The van der Waals surface area contributed by atoms with Gasteiger partial charge in [-0.2, -0.15) is 0 Å². The zero-order chi connectivity index (χ0) is 71.1. The van der Waals surface area contributed by atoms with Gasteiger partial charge in [0, 0.05) is 134 Å². The number of imide groups is 1. The number of amides is 8. The Balaban J connectivity index is 0.617. The summed E-state index contributed by atoms with van der Waals surface area (Å²) in [4.78, 5) is 126. The number of para-hydroxylation sites is 2. The third-order valence-electron chi connectivity index (χ3n) is 17.5. The molecule has 33 nitrogen and oxygen atoms in total. The minimum atomic E-state index is -0.833. The first-order chi connectivity index (χ1) is 48.7. The maximum atomic E-state index is 14.1. The number of aliphatic imine (C=N–C) groups is 1. The highest BCUT2D eigenvalue weighted by Gasteiger charge is 2.41. The summed E-state index contributed by atoms with van der Waals surface area (Å²) < 4.78 is 20.3. The summed E-state index contributed by atoms with van der Waals surface area (Å²) in [6.45, 7) is 7.65. The molecule has 0 bridgehead atoms. The van der Waals surface area contributed by atoms with Crippen molar-refractivity contribution < 1.29 is 108 Å². The molecule has 8 amide bonds. The van der Waals surface area contributed by atoms with Crippen molar-refractivity contribution in [3.8, 4) is 11.5 Å². The molecular formula is C64H96ClFN12O21S. The van der Waals surface area contributed by atoms with Gasteiger partial charge in [-0.1, -0.05) is 94.9 Å². The molecule has 4 aliphatic heterocycles. The number of nitrogens with one attached hydrogen (secondary N) is 4. The Labute approximate surface area is 589 Å². The number of likely N-dealkylation sites (tertiary alicyclic amines) is 1. The quantitative estimate of drug-likeness (QED) is 0.0187. The lowest BCUT2D eigenvalue weighted by Crippen LogP contribution is -2.54. The molecule has 1 saturated carbocycles. The summed E-state index contributed by atoms with van der Waals surface area (Å²) in [5.41, 5.74) is 6.96. The van der Waals surface area contributed by atoms with Crippen molar-refractivity contribution in [2.45, 2.75) is 140 Å². The molecule has 4 atom stereocenters. The fraction of sp³-hybridized carbons (Fsp3) is 0.672. The van der Waals surface area contributed by atoms with Crippen LogP contribution in [0.1, 0.15) is 134 Å². The highest BCUT2D eigenvalue weighted by molar-refractivity contribution is 8.00. The molecule has 2 aromatic carbocycles. The first kappa shape index (κ1) is 80.9. The van der Waals surface area contributed by atoms with E-state index in [0.717, 1.165) is 54.8 Å². The number of halogens is 2. The van der Waals surface area contributed by atoms with Crippen LogP contribution in [0.4, 0.5) is 10.2 Å². The Bertz CT molecular complexity index is 2910. The Morgan fingerprint density at radius 3 is 2.04 bits per heavy atom. The molecule has 4 unspecified atom stereocenters. The van der Waals surface area contributed by atoms with Crippen LogP contribution >= 0.6 is 23.4 Å². The number of carbonyl (C=O) groups is 8. The number of nitrogens with zero attached hydrogens (tertiary/aromatic N) is 7. The number of unbranched alkanes of at least 4 members (excludes halogenated alkanes) is 9. The maximum absolute atomic E-state index is 14.1. The summed E-state index contributed by atoms with van der Waals surface area (Å²) >= 11 is 7.71. The lowest BCUT2D eigenvalue weighted by atomic mass is 9.77. The zero-order valence-electron chi connectivity index (χ0n) is 56.7. The van der Waals surface area contributed by atoms with Crippen LogP contribution in [0.2, 0.25) is 5.02 Å². The second kappa shape index (κ2) is 46.3. The molecule has 0 radical (unpaired) electrons. The number of hydrogen-bond donors (Lipinski definition) is 5. The van der Waals surface area contributed by atoms with Crippen LogP contribution in [0.25, 0.3) is 0 Å². The molecule has 6 N–H and O–H groups in total. The van der Waals surface area contributed by atoms with Crippen LogP contribution in [0.15, 0.2) is 47.5 Å². The largest absolute Gasteiger partial charge is 0.454 e. The van der Waals surface area contributed by atoms with E-state index in [-0.39, 0.29) is 94.7 Å². The van der Waals surface area contributed by atoms with Gasteiger partial charge in [-0.15, -0.1) is 21.4 Å². The third kappa shape index (κ3) is 29.2. The van der Waals surface area contributed by atoms with Crippen molar-refractivity contribution in [2.24, 2.45) is 22.6 Å². The van der Waals surface area contributed by atoms with Gasteiger partial charge in [0.25, 0.3) is 0 Å². The topological polar surface area (TPSA) is 362 Å². The number of piperazine rings is 2. The van der Waals surface area contributed by atoms with E-state index in [1.807, 2.05) is 41.3 Å². The number of primary amides is 1. The standard InChI is InChI=1S/C64H96ClFN12O21S/c1-2-3-4-5-6-7-8-9-10-22-57(80)71-52(60(67)83)20-15-16-29-77(66)40-42-88-91-93-95-97-99-98-96-94-92-90-87-41-27-68-56(79)25-30-78-59(82)45-55(64(78)86)100-43-28-69-58(81)46-74-34-32-73(33-35-74)31-26-70-62(84)48-17-11-12-18-49(48)63(85)76-38-36-75(37-39-76)61-50-44-47(65)23-24-53(50)89-54-21-14-13-19-51(54)72-61/h13-14,19,21,23-24,44,48-49,52,55H,2-12,15-18,20,22,25-43,45-46H2,1H3,(H2,67,83)(H,68,79)(H,69,81)(H,70,84)(H,71,80). The van der Waals surface area contributed by atoms with Crippen LogP contribution in [-0.4, -0.2) is 218 Å². The van der Waals surface area contributed by atoms with Crippen molar-refractivity contribution in [1.82, 2.24) is 50.9 Å². The monoisotopic (exact) mass is 1450 g/mol. The molecule has 7 rings (SSSR count). The van der Waals surface area contributed by atoms with Crippen molar-refractivity contribution in [3.05, 3.63) is 53.1 Å². The van der Waals surface area contributed by atoms with Crippen molar-refractivity contribution in [1.29, 1.82) is 0 Å². The molecule has 0 spiro atoms. The number of carbonyl (C=O) groups excluding carboxylic acids is 8. The molecule has 36 heteroatoms. The Kier molecular flexibility index (Phi) is 37.5. The van der Waals surface area contributed by atoms with Crippen LogP contribution in [-0.2, 0) is 98.5 Å². The number of rotatable bonds is 48. The number of thioether (sulfide) groups is 1. The summed E-state index contributed by atoms with van der Waals surface area (Å²) in [6, 6.07) is 12.3. The van der Waals surface area contributed by atoms with Crippen LogP contribution in [0.5, 0.6) is 11.5 Å². The van der Waals surface area contributed by atoms with Crippen molar-refractivity contribution >= 4 is 82.1 Å². The second-order valence-electron chi connectivity index (χ2n) is 24.6. The Morgan fingerprint density at radius 2 is 1.33 bits per heavy atom. The van der Waals surface area contributed by atoms with E-state index in [0.29, 0.717) is 137 Å². The van der Waals surface area contributed by atoms with Crippen LogP contribution in [0.3, 0.4) is 0 Å². The van der Waals surface area contributed by atoms with E-state index in [1.165, 1.54) is 43.9 Å². The number of benzene rings is 2. The molecule has 0 aromatic heterocycles. The van der Waals surface area contributed by atoms with Gasteiger partial charge in [-0.3, -0.25) is 53.1 Å². The van der Waals surface area contributed by atoms with E-state index < -0.39 is 40.8 Å². The molecule has 558 valence electrons. The fourth-order valence-corrected chi connectivity index (χ4v) is 13.3. The molecule has 4 heterocycles. The SMILES string of the molecule is CCCCCCCCCCCC(=O)NC(CCCCN(F)CCOOOOOOOOOOOOCCNC(=O)CCN1C(=O)CC(SCCNC(=O)CN2CCN(CCNC(=O)C3CCCCC3C(=O)N3CCN(C4=Nc5ccccc5Oc5ccc(Cl)cc54)CC3)CC2)C1=O)C(N)=O. The lowest BCUT2D eigenvalue weighted by Gasteiger charge is -2.40. The fourth-order valence-electron chi connectivity index (χ4n) is 12.1. The predicted octanol–water partition coefficient (Wildman–Crippen LogP) is 5.20. The minimum Gasteiger partial charge on any atom is -0.454 e. The minimum absolute atomic E-state index is 0.00344. The van der Waals surface area contributed by atoms with Gasteiger partial charge in [0.1, 0.15) is 36.5 Å². The average molecular weight is 1460 g/mol. The van der Waals surface area contributed by atoms with Gasteiger partial charge in [0.15, 0.2) is 5.75 Å². The Morgan fingerprint density at radius 1 is 0.680 bits per heavy atom. The van der Waals surface area contributed by atoms with E-state index in [9.17, 15) is 42.8 Å². The van der Waals surface area contributed by atoms with Gasteiger partial charge in [0.05, 0.1) is 23.9 Å². The van der Waals surface area contributed by atoms with Gasteiger partial charge >= 0.3 is 0 Å². The lowest BCUT2D eigenvalue weighted by molar-refractivity contribution is -0.863. The number of fused-ring (bicyclic) bond motifs is 2. The van der Waals surface area contributed by atoms with Gasteiger partial charge in [-0.25, -0.2) is 14.8 Å². The average Bonchev–Trinajstić information content (AvgIpc) is 1.59. The molecule has 1 aliphatic carbocycles. The Hall–Kier alpha value is -6.36. The summed E-state index contributed by atoms with van der Waals surface area (Å²) in [7, 11) is 0. The smallest absolute Gasteiger partial charge is 0.242 e. The van der Waals surface area contributed by atoms with E-state index in [4.69, 9.17) is 27.1 Å². The van der Waals surface area contributed by atoms with E-state index in [1.54, 1.807) is 6.07 Å². The molecule has 4 fully saturated rings. The molecule has 2 aromatic rings. The van der Waals surface area contributed by atoms with Gasteiger partial charge < -0.3 is 41.5 Å². The first-order valence-electron chi connectivity index (χ1n) is 34.5. The second-order valence-corrected chi connectivity index (χ2v) is 26.3. The van der Waals surface area contributed by atoms with E-state index >= 15 is 0 Å². The number of ether oxygens (including phenoxy) is 1. The van der Waals surface area contributed by atoms with Crippen LogP contribution < -0.4 is 31.7 Å². The normalized spacial score (nSPS) is 18.4. The molecular weight excluding hydrogens is 1360 g/mol. The van der Waals surface area contributed by atoms with E-state index in [2.05, 4.69) is 103 Å². The van der Waals surface area contributed by atoms with Crippen molar-refractivity contribution in [3.63, 3.8) is 0 Å². The number of amidine groups is 1. The number of nitrogens with two attached hydrogens (primary N) is 1. The van der Waals surface area contributed by atoms with Crippen molar-refractivity contribution in [2.75, 3.05) is 124 Å². The van der Waals surface area contributed by atoms with Crippen LogP contribution in [0, 0.1) is 11.8 Å². The molecule has 100 heavy (non-hydrogen) atoms. The molecule has 5 aliphatic rings. The third-order valence-corrected chi connectivity index (χ3v) is 18.9. The van der Waals surface area contributed by atoms with Gasteiger partial charge in [0.2, 0.25) is 47.3 Å².